The highest BCUT2D eigenvalue weighted by atomic mass is 19.4. The van der Waals surface area contributed by atoms with Gasteiger partial charge in [-0.1, -0.05) is 0 Å². The van der Waals surface area contributed by atoms with E-state index in [2.05, 4.69) is 5.92 Å². The van der Waals surface area contributed by atoms with Gasteiger partial charge in [-0.25, -0.2) is 0 Å². The summed E-state index contributed by atoms with van der Waals surface area (Å²) in [6, 6.07) is 0. The summed E-state index contributed by atoms with van der Waals surface area (Å²) < 4.78 is 59.7. The molecule has 7 heteroatoms. The van der Waals surface area contributed by atoms with Gasteiger partial charge in [0.25, 0.3) is 5.91 Å². The number of carbonyl (C=O) groups is 1. The van der Waals surface area contributed by atoms with Crippen LogP contribution in [-0.2, 0) is 4.79 Å². The standard InChI is InChI=1S/C9H10F5NO/c1-2-3-4-5-6-15-7(16)8(10,11)9(12,13)14/h1H,3-6H2,(H,15,16). The van der Waals surface area contributed by atoms with Crippen LogP contribution in [0.5, 0.6) is 0 Å². The zero-order valence-electron chi connectivity index (χ0n) is 8.20. The Morgan fingerprint density at radius 1 is 1.19 bits per heavy atom. The molecule has 0 aliphatic carbocycles. The monoisotopic (exact) mass is 243 g/mol. The molecule has 92 valence electrons. The van der Waals surface area contributed by atoms with Crippen LogP contribution in [0.3, 0.4) is 0 Å². The molecule has 1 amide bonds. The number of halogens is 5. The summed E-state index contributed by atoms with van der Waals surface area (Å²) in [5.74, 6) is -5.41. The number of carbonyl (C=O) groups excluding carboxylic acids is 1. The Bertz CT molecular complexity index is 279. The first kappa shape index (κ1) is 14.7. The minimum absolute atomic E-state index is 0.254. The van der Waals surface area contributed by atoms with Crippen LogP contribution < -0.4 is 5.32 Å². The number of rotatable bonds is 5. The topological polar surface area (TPSA) is 29.1 Å². The average molecular weight is 243 g/mol. The van der Waals surface area contributed by atoms with Gasteiger partial charge in [0.05, 0.1) is 0 Å². The average Bonchev–Trinajstić information content (AvgIpc) is 2.15. The molecule has 0 aliphatic rings. The molecule has 1 N–H and O–H groups in total. The molecular formula is C9H10F5NO. The lowest BCUT2D eigenvalue weighted by atomic mass is 10.2. The molecule has 0 saturated carbocycles. The van der Waals surface area contributed by atoms with Gasteiger partial charge in [0.15, 0.2) is 0 Å². The molecule has 0 atom stereocenters. The van der Waals surface area contributed by atoms with Crippen molar-refractivity contribution in [2.45, 2.75) is 31.4 Å². The van der Waals surface area contributed by atoms with Gasteiger partial charge >= 0.3 is 12.1 Å². The van der Waals surface area contributed by atoms with Gasteiger partial charge in [-0.3, -0.25) is 4.79 Å². The fourth-order valence-corrected chi connectivity index (χ4v) is 0.794. The SMILES string of the molecule is C#CCCCCNC(=O)C(F)(F)C(F)(F)F. The second-order valence-corrected chi connectivity index (χ2v) is 2.99. The third-order valence-corrected chi connectivity index (χ3v) is 1.67. The van der Waals surface area contributed by atoms with Crippen LogP contribution >= 0.6 is 0 Å². The Kier molecular flexibility index (Phi) is 5.21. The molecule has 2 nitrogen and oxygen atoms in total. The number of terminal acetylenes is 1. The van der Waals surface area contributed by atoms with E-state index in [4.69, 9.17) is 6.42 Å². The van der Waals surface area contributed by atoms with E-state index in [0.717, 1.165) is 0 Å². The lowest BCUT2D eigenvalue weighted by Crippen LogP contribution is -2.50. The Morgan fingerprint density at radius 3 is 2.19 bits per heavy atom. The van der Waals surface area contributed by atoms with E-state index < -0.39 is 18.0 Å². The number of nitrogens with one attached hydrogen (secondary N) is 1. The molecule has 0 spiro atoms. The summed E-state index contributed by atoms with van der Waals surface area (Å²) in [7, 11) is 0. The second kappa shape index (κ2) is 5.68. The van der Waals surface area contributed by atoms with Crippen LogP contribution in [0.25, 0.3) is 0 Å². The Balaban J connectivity index is 4.03. The maximum atomic E-state index is 12.3. The van der Waals surface area contributed by atoms with Crippen LogP contribution in [0.2, 0.25) is 0 Å². The van der Waals surface area contributed by atoms with E-state index in [-0.39, 0.29) is 13.0 Å². The molecule has 0 aromatic heterocycles. The van der Waals surface area contributed by atoms with Crippen molar-refractivity contribution in [2.75, 3.05) is 6.54 Å². The Morgan fingerprint density at radius 2 is 1.75 bits per heavy atom. The summed E-state index contributed by atoms with van der Waals surface area (Å²) >= 11 is 0. The van der Waals surface area contributed by atoms with Crippen LogP contribution in [0.4, 0.5) is 22.0 Å². The van der Waals surface area contributed by atoms with E-state index >= 15 is 0 Å². The van der Waals surface area contributed by atoms with Crippen LogP contribution in [0, 0.1) is 12.3 Å². The molecule has 0 heterocycles. The van der Waals surface area contributed by atoms with Crippen molar-refractivity contribution in [3.8, 4) is 12.3 Å². The quantitative estimate of drug-likeness (QED) is 0.447. The van der Waals surface area contributed by atoms with Crippen LogP contribution in [-0.4, -0.2) is 24.6 Å². The van der Waals surface area contributed by atoms with Crippen molar-refractivity contribution in [3.05, 3.63) is 0 Å². The molecule has 0 bridgehead atoms. The van der Waals surface area contributed by atoms with E-state index in [1.54, 1.807) is 0 Å². The molecule has 16 heavy (non-hydrogen) atoms. The minimum Gasteiger partial charge on any atom is -0.351 e. The smallest absolute Gasteiger partial charge is 0.351 e. The van der Waals surface area contributed by atoms with Crippen LogP contribution in [0.1, 0.15) is 19.3 Å². The largest absolute Gasteiger partial charge is 0.463 e. The third kappa shape index (κ3) is 4.04. The van der Waals surface area contributed by atoms with Gasteiger partial charge in [-0.15, -0.1) is 12.3 Å². The number of amides is 1. The Labute approximate surface area is 89.2 Å². The van der Waals surface area contributed by atoms with Gasteiger partial charge in [-0.05, 0) is 12.8 Å². The highest BCUT2D eigenvalue weighted by Crippen LogP contribution is 2.35. The van der Waals surface area contributed by atoms with Gasteiger partial charge in [0.2, 0.25) is 0 Å². The third-order valence-electron chi connectivity index (χ3n) is 1.67. The normalized spacial score (nSPS) is 12.0. The van der Waals surface area contributed by atoms with Crippen molar-refractivity contribution in [3.63, 3.8) is 0 Å². The van der Waals surface area contributed by atoms with E-state index in [1.165, 1.54) is 5.32 Å². The predicted molar refractivity (Wildman–Crippen MR) is 46.7 cm³/mol. The molecule has 0 radical (unpaired) electrons. The molecule has 0 saturated heterocycles. The minimum atomic E-state index is -5.87. The fourth-order valence-electron chi connectivity index (χ4n) is 0.794. The number of hydrogen-bond acceptors (Lipinski definition) is 1. The number of alkyl halides is 5. The number of unbranched alkanes of at least 4 members (excludes halogenated alkanes) is 2. The molecule has 0 aromatic carbocycles. The first-order valence-corrected chi connectivity index (χ1v) is 4.39. The van der Waals surface area contributed by atoms with Crippen molar-refractivity contribution >= 4 is 5.91 Å². The highest BCUT2D eigenvalue weighted by Gasteiger charge is 2.63. The highest BCUT2D eigenvalue weighted by molar-refractivity contribution is 5.84. The Hall–Kier alpha value is -1.32. The molecule has 0 fully saturated rings. The lowest BCUT2D eigenvalue weighted by Gasteiger charge is -2.18. The van der Waals surface area contributed by atoms with E-state index in [1.807, 2.05) is 0 Å². The first-order valence-electron chi connectivity index (χ1n) is 4.39. The van der Waals surface area contributed by atoms with Crippen molar-refractivity contribution in [1.82, 2.24) is 5.32 Å². The predicted octanol–water partition coefficient (Wildman–Crippen LogP) is 2.10. The van der Waals surface area contributed by atoms with Crippen molar-refractivity contribution in [2.24, 2.45) is 0 Å². The lowest BCUT2D eigenvalue weighted by molar-refractivity contribution is -0.269. The number of hydrogen-bond donors (Lipinski definition) is 1. The molecule has 0 aromatic rings. The fraction of sp³-hybridized carbons (Fsp3) is 0.667. The van der Waals surface area contributed by atoms with Gasteiger partial charge in [-0.2, -0.15) is 22.0 Å². The molecular weight excluding hydrogens is 233 g/mol. The molecule has 0 unspecified atom stereocenters. The van der Waals surface area contributed by atoms with Crippen LogP contribution in [0.15, 0.2) is 0 Å². The summed E-state index contributed by atoms with van der Waals surface area (Å²) in [4.78, 5) is 10.5. The van der Waals surface area contributed by atoms with Crippen molar-refractivity contribution in [1.29, 1.82) is 0 Å². The zero-order valence-corrected chi connectivity index (χ0v) is 8.20. The van der Waals surface area contributed by atoms with E-state index in [0.29, 0.717) is 12.8 Å². The van der Waals surface area contributed by atoms with Gasteiger partial charge in [0.1, 0.15) is 0 Å². The second-order valence-electron chi connectivity index (χ2n) is 2.99. The zero-order chi connectivity index (χ0) is 12.8. The van der Waals surface area contributed by atoms with Crippen molar-refractivity contribution < 1.29 is 26.7 Å². The summed E-state index contributed by atoms with van der Waals surface area (Å²) in [5.41, 5.74) is 0. The maximum absolute atomic E-state index is 12.3. The first-order chi connectivity index (χ1) is 7.23. The van der Waals surface area contributed by atoms with Gasteiger partial charge < -0.3 is 5.32 Å². The summed E-state index contributed by atoms with van der Waals surface area (Å²) in [6.45, 7) is -0.258. The summed E-state index contributed by atoms with van der Waals surface area (Å²) in [6.07, 6.45) is 0.113. The van der Waals surface area contributed by atoms with E-state index in [9.17, 15) is 26.7 Å². The summed E-state index contributed by atoms with van der Waals surface area (Å²) in [5, 5.41) is 1.51. The van der Waals surface area contributed by atoms with Gasteiger partial charge in [0, 0.05) is 13.0 Å². The molecule has 0 aliphatic heterocycles. The molecule has 0 rings (SSSR count). The maximum Gasteiger partial charge on any atom is 0.463 e.